The Morgan fingerprint density at radius 1 is 1.47 bits per heavy atom. The molecule has 1 fully saturated rings. The molecule has 1 aromatic rings. The molecule has 1 aliphatic heterocycles. The molecule has 0 saturated carbocycles. The van der Waals surface area contributed by atoms with Crippen LogP contribution in [0.25, 0.3) is 0 Å². The zero-order chi connectivity index (χ0) is 13.7. The molecule has 4 N–H and O–H groups in total. The maximum Gasteiger partial charge on any atom is 0.411 e. The normalized spacial score (nSPS) is 22.2. The predicted molar refractivity (Wildman–Crippen MR) is 75.2 cm³/mol. The lowest BCUT2D eigenvalue weighted by Crippen LogP contribution is -2.29. The van der Waals surface area contributed by atoms with Crippen molar-refractivity contribution in [3.05, 3.63) is 29.8 Å². The van der Waals surface area contributed by atoms with Crippen molar-refractivity contribution in [1.82, 2.24) is 5.32 Å². The maximum atomic E-state index is 11.6. The Kier molecular flexibility index (Phi) is 4.76. The Balaban J connectivity index is 1.74. The van der Waals surface area contributed by atoms with E-state index in [1.165, 1.54) is 5.56 Å². The summed E-state index contributed by atoms with van der Waals surface area (Å²) in [5, 5.41) is 5.92. The Bertz CT molecular complexity index is 419. The van der Waals surface area contributed by atoms with Gasteiger partial charge in [-0.15, -0.1) is 0 Å². The molecule has 5 heteroatoms. The summed E-state index contributed by atoms with van der Waals surface area (Å²) in [7, 11) is 0. The molecule has 0 bridgehead atoms. The molecular formula is C14H21N3O2. The second-order valence-corrected chi connectivity index (χ2v) is 4.87. The fraction of sp³-hybridized carbons (Fsp3) is 0.500. The van der Waals surface area contributed by atoms with Crippen LogP contribution in [-0.2, 0) is 11.2 Å². The number of carbonyl (C=O) groups is 1. The van der Waals surface area contributed by atoms with Gasteiger partial charge in [0.25, 0.3) is 0 Å². The molecule has 0 spiro atoms. The molecule has 19 heavy (non-hydrogen) atoms. The first-order valence-electron chi connectivity index (χ1n) is 6.69. The SMILES string of the molecule is CCc1ccc(NC(=O)OC[C@@H]2C[C@@H](N)CN2)cc1. The van der Waals surface area contributed by atoms with Gasteiger partial charge in [0, 0.05) is 24.3 Å². The number of rotatable bonds is 4. The van der Waals surface area contributed by atoms with E-state index in [2.05, 4.69) is 17.6 Å². The summed E-state index contributed by atoms with van der Waals surface area (Å²) in [4.78, 5) is 11.6. The summed E-state index contributed by atoms with van der Waals surface area (Å²) in [6.07, 6.45) is 1.41. The van der Waals surface area contributed by atoms with Crippen LogP contribution in [0.2, 0.25) is 0 Å². The second kappa shape index (κ2) is 6.54. The van der Waals surface area contributed by atoms with Crippen molar-refractivity contribution in [3.8, 4) is 0 Å². The molecule has 0 aliphatic carbocycles. The third kappa shape index (κ3) is 4.22. The van der Waals surface area contributed by atoms with E-state index < -0.39 is 6.09 Å². The molecule has 104 valence electrons. The van der Waals surface area contributed by atoms with Gasteiger partial charge in [0.05, 0.1) is 0 Å². The van der Waals surface area contributed by atoms with E-state index in [0.29, 0.717) is 6.61 Å². The van der Waals surface area contributed by atoms with E-state index in [9.17, 15) is 4.79 Å². The number of aryl methyl sites for hydroxylation is 1. The average Bonchev–Trinajstić information content (AvgIpc) is 2.83. The summed E-state index contributed by atoms with van der Waals surface area (Å²) in [5.41, 5.74) is 7.75. The Morgan fingerprint density at radius 2 is 2.21 bits per heavy atom. The van der Waals surface area contributed by atoms with E-state index >= 15 is 0 Å². The Labute approximate surface area is 113 Å². The van der Waals surface area contributed by atoms with Crippen molar-refractivity contribution in [1.29, 1.82) is 0 Å². The number of ether oxygens (including phenoxy) is 1. The van der Waals surface area contributed by atoms with Crippen molar-refractivity contribution < 1.29 is 9.53 Å². The fourth-order valence-corrected chi connectivity index (χ4v) is 2.13. The standard InChI is InChI=1S/C14H21N3O2/c1-2-10-3-5-12(6-4-10)17-14(18)19-9-13-7-11(15)8-16-13/h3-6,11,13,16H,2,7-9,15H2,1H3,(H,17,18)/t11-,13+/m1/s1. The number of nitrogens with two attached hydrogens (primary N) is 1. The maximum absolute atomic E-state index is 11.6. The van der Waals surface area contributed by atoms with Crippen molar-refractivity contribution in [2.45, 2.75) is 31.8 Å². The van der Waals surface area contributed by atoms with E-state index in [-0.39, 0.29) is 12.1 Å². The van der Waals surface area contributed by atoms with Crippen molar-refractivity contribution in [2.75, 3.05) is 18.5 Å². The van der Waals surface area contributed by atoms with Gasteiger partial charge in [-0.3, -0.25) is 5.32 Å². The van der Waals surface area contributed by atoms with Crippen molar-refractivity contribution in [2.24, 2.45) is 5.73 Å². The van der Waals surface area contributed by atoms with Gasteiger partial charge in [-0.1, -0.05) is 19.1 Å². The lowest BCUT2D eigenvalue weighted by atomic mass is 10.1. The second-order valence-electron chi connectivity index (χ2n) is 4.87. The number of carbonyl (C=O) groups excluding carboxylic acids is 1. The topological polar surface area (TPSA) is 76.4 Å². The smallest absolute Gasteiger partial charge is 0.411 e. The van der Waals surface area contributed by atoms with E-state index in [4.69, 9.17) is 10.5 Å². The Hall–Kier alpha value is -1.59. The Morgan fingerprint density at radius 3 is 2.79 bits per heavy atom. The number of nitrogens with one attached hydrogen (secondary N) is 2. The van der Waals surface area contributed by atoms with Crippen LogP contribution in [0.4, 0.5) is 10.5 Å². The summed E-state index contributed by atoms with van der Waals surface area (Å²) in [6, 6.07) is 8.08. The molecule has 0 radical (unpaired) electrons. The van der Waals surface area contributed by atoms with Gasteiger partial charge >= 0.3 is 6.09 Å². The minimum atomic E-state index is -0.425. The quantitative estimate of drug-likeness (QED) is 0.769. The average molecular weight is 263 g/mol. The fourth-order valence-electron chi connectivity index (χ4n) is 2.13. The summed E-state index contributed by atoms with van der Waals surface area (Å²) < 4.78 is 5.17. The minimum Gasteiger partial charge on any atom is -0.448 e. The monoisotopic (exact) mass is 263 g/mol. The molecule has 1 saturated heterocycles. The van der Waals surface area contributed by atoms with Crippen LogP contribution < -0.4 is 16.4 Å². The molecule has 0 unspecified atom stereocenters. The first-order chi connectivity index (χ1) is 9.17. The summed E-state index contributed by atoms with van der Waals surface area (Å²) in [6.45, 7) is 3.23. The van der Waals surface area contributed by atoms with Gasteiger partial charge < -0.3 is 15.8 Å². The van der Waals surface area contributed by atoms with Crippen LogP contribution in [0.1, 0.15) is 18.9 Å². The van der Waals surface area contributed by atoms with Crippen LogP contribution in [0.3, 0.4) is 0 Å². The van der Waals surface area contributed by atoms with Crippen LogP contribution in [-0.4, -0.2) is 31.3 Å². The van der Waals surface area contributed by atoms with Gasteiger partial charge in [-0.25, -0.2) is 4.79 Å². The lowest BCUT2D eigenvalue weighted by Gasteiger charge is -2.12. The van der Waals surface area contributed by atoms with Crippen LogP contribution >= 0.6 is 0 Å². The van der Waals surface area contributed by atoms with Crippen molar-refractivity contribution in [3.63, 3.8) is 0 Å². The van der Waals surface area contributed by atoms with Gasteiger partial charge in [0.15, 0.2) is 0 Å². The van der Waals surface area contributed by atoms with Crippen molar-refractivity contribution >= 4 is 11.8 Å². The first-order valence-corrected chi connectivity index (χ1v) is 6.69. The highest BCUT2D eigenvalue weighted by atomic mass is 16.5. The third-order valence-electron chi connectivity index (χ3n) is 3.28. The highest BCUT2D eigenvalue weighted by molar-refractivity contribution is 5.84. The van der Waals surface area contributed by atoms with Crippen LogP contribution in [0.5, 0.6) is 0 Å². The summed E-state index contributed by atoms with van der Waals surface area (Å²) in [5.74, 6) is 0. The number of amides is 1. The van der Waals surface area contributed by atoms with E-state index in [1.54, 1.807) is 0 Å². The third-order valence-corrected chi connectivity index (χ3v) is 3.28. The summed E-state index contributed by atoms with van der Waals surface area (Å²) >= 11 is 0. The van der Waals surface area contributed by atoms with E-state index in [0.717, 1.165) is 25.1 Å². The highest BCUT2D eigenvalue weighted by Gasteiger charge is 2.22. The van der Waals surface area contributed by atoms with Gasteiger partial charge in [0.2, 0.25) is 0 Å². The zero-order valence-electron chi connectivity index (χ0n) is 11.2. The molecule has 2 atom stereocenters. The molecule has 1 aliphatic rings. The molecule has 1 aromatic carbocycles. The zero-order valence-corrected chi connectivity index (χ0v) is 11.2. The van der Waals surface area contributed by atoms with Crippen LogP contribution in [0.15, 0.2) is 24.3 Å². The van der Waals surface area contributed by atoms with E-state index in [1.807, 2.05) is 24.3 Å². The lowest BCUT2D eigenvalue weighted by molar-refractivity contribution is 0.151. The van der Waals surface area contributed by atoms with Crippen LogP contribution in [0, 0.1) is 0 Å². The molecule has 1 heterocycles. The van der Waals surface area contributed by atoms with Gasteiger partial charge in [0.1, 0.15) is 6.61 Å². The van der Waals surface area contributed by atoms with Gasteiger partial charge in [-0.2, -0.15) is 0 Å². The number of benzene rings is 1. The van der Waals surface area contributed by atoms with Gasteiger partial charge in [-0.05, 0) is 30.5 Å². The number of hydrogen-bond donors (Lipinski definition) is 3. The highest BCUT2D eigenvalue weighted by Crippen LogP contribution is 2.11. The minimum absolute atomic E-state index is 0.165. The molecule has 1 amide bonds. The first kappa shape index (κ1) is 13.8. The molecule has 0 aromatic heterocycles. The predicted octanol–water partition coefficient (Wildman–Crippen LogP) is 1.49. The number of anilines is 1. The molecule has 2 rings (SSSR count). The molecular weight excluding hydrogens is 242 g/mol. The number of hydrogen-bond acceptors (Lipinski definition) is 4. The molecule has 5 nitrogen and oxygen atoms in total. The largest absolute Gasteiger partial charge is 0.448 e.